The van der Waals surface area contributed by atoms with Crippen molar-refractivity contribution in [3.8, 4) is 0 Å². The number of hydrogen-bond donors (Lipinski definition) is 0. The fraction of sp³-hybridized carbons (Fsp3) is 0.923. The zero-order valence-corrected chi connectivity index (χ0v) is 9.82. The maximum absolute atomic E-state index is 10.7. The van der Waals surface area contributed by atoms with Gasteiger partial charge in [0, 0.05) is 12.0 Å². The van der Waals surface area contributed by atoms with Gasteiger partial charge < -0.3 is 9.69 Å². The molecule has 2 unspecified atom stereocenters. The Morgan fingerprint density at radius 2 is 1.87 bits per heavy atom. The highest BCUT2D eigenvalue weighted by molar-refractivity contribution is 5.53. The van der Waals surface area contributed by atoms with Gasteiger partial charge in [0.15, 0.2) is 0 Å². The summed E-state index contributed by atoms with van der Waals surface area (Å²) in [7, 11) is 0. The first kappa shape index (κ1) is 11.1. The smallest absolute Gasteiger partial charge is 0.123 e. The number of rotatable bonds is 2. The second kappa shape index (κ2) is 5.11. The van der Waals surface area contributed by atoms with Gasteiger partial charge in [0.2, 0.25) is 0 Å². The molecular weight excluding hydrogens is 186 g/mol. The predicted molar refractivity (Wildman–Crippen MR) is 61.8 cm³/mol. The Morgan fingerprint density at radius 1 is 1.13 bits per heavy atom. The van der Waals surface area contributed by atoms with E-state index in [2.05, 4.69) is 11.8 Å². The van der Waals surface area contributed by atoms with Crippen molar-refractivity contribution in [1.29, 1.82) is 0 Å². The van der Waals surface area contributed by atoms with Crippen molar-refractivity contribution in [3.63, 3.8) is 0 Å². The minimum absolute atomic E-state index is 0.349. The van der Waals surface area contributed by atoms with E-state index in [1.165, 1.54) is 25.7 Å². The topological polar surface area (TPSA) is 20.3 Å². The second-order valence-electron chi connectivity index (χ2n) is 5.44. The highest BCUT2D eigenvalue weighted by atomic mass is 16.1. The Labute approximate surface area is 93.0 Å². The van der Waals surface area contributed by atoms with Crippen molar-refractivity contribution in [2.24, 2.45) is 11.8 Å². The summed E-state index contributed by atoms with van der Waals surface area (Å²) in [4.78, 5) is 13.3. The minimum atomic E-state index is 0.349. The van der Waals surface area contributed by atoms with Crippen molar-refractivity contribution in [3.05, 3.63) is 0 Å². The highest BCUT2D eigenvalue weighted by Crippen LogP contribution is 2.29. The zero-order chi connectivity index (χ0) is 10.7. The summed E-state index contributed by atoms with van der Waals surface area (Å²) < 4.78 is 0. The van der Waals surface area contributed by atoms with Crippen LogP contribution in [0.15, 0.2) is 0 Å². The Kier molecular flexibility index (Phi) is 3.79. The number of piperidine rings is 1. The molecule has 0 aromatic heterocycles. The molecule has 15 heavy (non-hydrogen) atoms. The molecule has 1 aliphatic heterocycles. The molecule has 0 amide bonds. The largest absolute Gasteiger partial charge is 0.303 e. The van der Waals surface area contributed by atoms with Crippen molar-refractivity contribution in [2.45, 2.75) is 51.5 Å². The van der Waals surface area contributed by atoms with E-state index in [0.29, 0.717) is 5.92 Å². The van der Waals surface area contributed by atoms with Crippen LogP contribution in [-0.2, 0) is 4.79 Å². The summed E-state index contributed by atoms with van der Waals surface area (Å²) >= 11 is 0. The van der Waals surface area contributed by atoms with Crippen LogP contribution in [0.2, 0.25) is 0 Å². The number of hydrogen-bond acceptors (Lipinski definition) is 2. The fourth-order valence-electron chi connectivity index (χ4n) is 3.15. The van der Waals surface area contributed by atoms with Gasteiger partial charge in [0.25, 0.3) is 0 Å². The Balaban J connectivity index is 1.81. The maximum atomic E-state index is 10.7. The molecule has 0 aromatic carbocycles. The first-order chi connectivity index (χ1) is 7.29. The first-order valence-electron chi connectivity index (χ1n) is 6.49. The van der Waals surface area contributed by atoms with E-state index in [-0.39, 0.29) is 0 Å². The quantitative estimate of drug-likeness (QED) is 0.651. The average molecular weight is 209 g/mol. The number of likely N-dealkylation sites (tertiary alicyclic amines) is 1. The lowest BCUT2D eigenvalue weighted by molar-refractivity contribution is -0.112. The summed E-state index contributed by atoms with van der Waals surface area (Å²) in [6.45, 7) is 4.69. The standard InChI is InChI=1S/C13H23NO/c1-11-3-2-4-13(9-11)14-7-5-12(10-15)6-8-14/h10-13H,2-9H2,1H3. The Morgan fingerprint density at radius 3 is 2.47 bits per heavy atom. The van der Waals surface area contributed by atoms with Crippen LogP contribution in [0.1, 0.15) is 45.4 Å². The third-order valence-corrected chi connectivity index (χ3v) is 4.19. The molecule has 0 radical (unpaired) electrons. The van der Waals surface area contributed by atoms with Crippen LogP contribution in [-0.4, -0.2) is 30.3 Å². The molecule has 1 heterocycles. The van der Waals surface area contributed by atoms with Crippen molar-refractivity contribution >= 4 is 6.29 Å². The summed E-state index contributed by atoms with van der Waals surface area (Å²) in [5, 5.41) is 0. The van der Waals surface area contributed by atoms with Crippen LogP contribution in [0.25, 0.3) is 0 Å². The molecule has 1 saturated carbocycles. The van der Waals surface area contributed by atoms with Gasteiger partial charge in [0.05, 0.1) is 0 Å². The van der Waals surface area contributed by atoms with Crippen LogP contribution >= 0.6 is 0 Å². The summed E-state index contributed by atoms with van der Waals surface area (Å²) in [5.74, 6) is 1.26. The van der Waals surface area contributed by atoms with Gasteiger partial charge in [-0.05, 0) is 44.7 Å². The summed E-state index contributed by atoms with van der Waals surface area (Å²) in [5.41, 5.74) is 0. The molecule has 86 valence electrons. The van der Waals surface area contributed by atoms with E-state index in [9.17, 15) is 4.79 Å². The van der Waals surface area contributed by atoms with Crippen LogP contribution in [0, 0.1) is 11.8 Å². The summed E-state index contributed by atoms with van der Waals surface area (Å²) in [6.07, 6.45) is 8.92. The number of carbonyl (C=O) groups is 1. The van der Waals surface area contributed by atoms with E-state index in [1.54, 1.807) is 0 Å². The molecule has 2 atom stereocenters. The first-order valence-corrected chi connectivity index (χ1v) is 6.49. The molecule has 0 N–H and O–H groups in total. The highest BCUT2D eigenvalue weighted by Gasteiger charge is 2.27. The van der Waals surface area contributed by atoms with E-state index in [4.69, 9.17) is 0 Å². The molecule has 2 heteroatoms. The molecule has 0 aromatic rings. The van der Waals surface area contributed by atoms with Crippen molar-refractivity contribution in [2.75, 3.05) is 13.1 Å². The van der Waals surface area contributed by atoms with Gasteiger partial charge in [-0.25, -0.2) is 0 Å². The third kappa shape index (κ3) is 2.81. The fourth-order valence-corrected chi connectivity index (χ4v) is 3.15. The van der Waals surface area contributed by atoms with Crippen LogP contribution < -0.4 is 0 Å². The van der Waals surface area contributed by atoms with Crippen molar-refractivity contribution < 1.29 is 4.79 Å². The molecular formula is C13H23NO. The molecule has 2 rings (SSSR count). The molecule has 2 fully saturated rings. The molecule has 2 aliphatic rings. The van der Waals surface area contributed by atoms with E-state index < -0.39 is 0 Å². The normalized spacial score (nSPS) is 35.3. The average Bonchev–Trinajstić information content (AvgIpc) is 2.29. The lowest BCUT2D eigenvalue weighted by Crippen LogP contribution is -2.43. The monoisotopic (exact) mass is 209 g/mol. The summed E-state index contributed by atoms with van der Waals surface area (Å²) in [6, 6.07) is 0.821. The Bertz CT molecular complexity index is 209. The van der Waals surface area contributed by atoms with E-state index in [1.807, 2.05) is 0 Å². The number of nitrogens with zero attached hydrogens (tertiary/aromatic N) is 1. The predicted octanol–water partition coefficient (Wildman–Crippen LogP) is 2.48. The molecule has 0 bridgehead atoms. The SMILES string of the molecule is CC1CCCC(N2CCC(C=O)CC2)C1. The number of aldehydes is 1. The van der Waals surface area contributed by atoms with Gasteiger partial charge in [-0.15, -0.1) is 0 Å². The van der Waals surface area contributed by atoms with Gasteiger partial charge in [-0.3, -0.25) is 0 Å². The molecule has 2 nitrogen and oxygen atoms in total. The molecule has 0 spiro atoms. The van der Waals surface area contributed by atoms with Crippen LogP contribution in [0.5, 0.6) is 0 Å². The van der Waals surface area contributed by atoms with Gasteiger partial charge >= 0.3 is 0 Å². The Hall–Kier alpha value is -0.370. The zero-order valence-electron chi connectivity index (χ0n) is 9.82. The second-order valence-corrected chi connectivity index (χ2v) is 5.44. The van der Waals surface area contributed by atoms with Crippen LogP contribution in [0.4, 0.5) is 0 Å². The van der Waals surface area contributed by atoms with E-state index in [0.717, 1.165) is 44.2 Å². The molecule has 1 saturated heterocycles. The minimum Gasteiger partial charge on any atom is -0.303 e. The van der Waals surface area contributed by atoms with Gasteiger partial charge in [-0.1, -0.05) is 19.8 Å². The van der Waals surface area contributed by atoms with Gasteiger partial charge in [0.1, 0.15) is 6.29 Å². The number of carbonyl (C=O) groups excluding carboxylic acids is 1. The molecule has 1 aliphatic carbocycles. The third-order valence-electron chi connectivity index (χ3n) is 4.19. The maximum Gasteiger partial charge on any atom is 0.123 e. The lowest BCUT2D eigenvalue weighted by atomic mass is 9.85. The van der Waals surface area contributed by atoms with Gasteiger partial charge in [-0.2, -0.15) is 0 Å². The lowest BCUT2D eigenvalue weighted by Gasteiger charge is -2.39. The van der Waals surface area contributed by atoms with Crippen LogP contribution in [0.3, 0.4) is 0 Å². The van der Waals surface area contributed by atoms with Crippen molar-refractivity contribution in [1.82, 2.24) is 4.90 Å². The van der Waals surface area contributed by atoms with E-state index >= 15 is 0 Å².